The van der Waals surface area contributed by atoms with Gasteiger partial charge in [0.2, 0.25) is 5.91 Å². The number of aromatic nitrogens is 3. The molecule has 1 amide bonds. The molecule has 0 saturated heterocycles. The summed E-state index contributed by atoms with van der Waals surface area (Å²) in [6.07, 6.45) is 3.95. The minimum atomic E-state index is -0.105. The third kappa shape index (κ3) is 3.37. The first-order valence-electron chi connectivity index (χ1n) is 4.37. The van der Waals surface area contributed by atoms with E-state index in [1.807, 2.05) is 13.2 Å². The third-order valence-electron chi connectivity index (χ3n) is 1.75. The van der Waals surface area contributed by atoms with Crippen molar-refractivity contribution in [3.05, 3.63) is 12.2 Å². The molecule has 0 bridgehead atoms. The molecule has 0 radical (unpaired) electrons. The molecule has 78 valence electrons. The number of carbonyl (C=O) groups excluding carboxylic acids is 1. The maximum atomic E-state index is 11.3. The van der Waals surface area contributed by atoms with E-state index in [0.717, 1.165) is 5.75 Å². The van der Waals surface area contributed by atoms with Gasteiger partial charge in [-0.1, -0.05) is 0 Å². The van der Waals surface area contributed by atoms with Gasteiger partial charge in [-0.15, -0.1) is 0 Å². The van der Waals surface area contributed by atoms with Crippen molar-refractivity contribution in [3.63, 3.8) is 0 Å². The molecule has 0 aliphatic heterocycles. The summed E-state index contributed by atoms with van der Waals surface area (Å²) in [7, 11) is 0. The van der Waals surface area contributed by atoms with Crippen LogP contribution in [0.4, 0.5) is 0 Å². The first-order valence-corrected chi connectivity index (χ1v) is 5.77. The van der Waals surface area contributed by atoms with Crippen LogP contribution in [0, 0.1) is 0 Å². The Labute approximate surface area is 87.1 Å². The van der Waals surface area contributed by atoms with Crippen molar-refractivity contribution in [3.8, 4) is 0 Å². The number of hydrogen-bond acceptors (Lipinski definition) is 4. The van der Waals surface area contributed by atoms with Crippen LogP contribution in [0.15, 0.2) is 6.33 Å². The van der Waals surface area contributed by atoms with E-state index in [2.05, 4.69) is 20.5 Å². The molecule has 0 aromatic carbocycles. The predicted molar refractivity (Wildman–Crippen MR) is 55.9 cm³/mol. The molecule has 0 saturated carbocycles. The van der Waals surface area contributed by atoms with Crippen molar-refractivity contribution in [1.82, 2.24) is 20.5 Å². The number of nitrogens with zero attached hydrogens (tertiary/aromatic N) is 2. The van der Waals surface area contributed by atoms with E-state index < -0.39 is 0 Å². The molecule has 14 heavy (non-hydrogen) atoms. The largest absolute Gasteiger partial charge is 0.346 e. The maximum absolute atomic E-state index is 11.3. The van der Waals surface area contributed by atoms with Crippen LogP contribution >= 0.6 is 11.8 Å². The van der Waals surface area contributed by atoms with Gasteiger partial charge in [0.25, 0.3) is 0 Å². The van der Waals surface area contributed by atoms with Crippen LogP contribution < -0.4 is 5.32 Å². The lowest BCUT2D eigenvalue weighted by Gasteiger charge is -2.10. The fourth-order valence-electron chi connectivity index (χ4n) is 1.00. The van der Waals surface area contributed by atoms with Crippen LogP contribution in [0.5, 0.6) is 0 Å². The van der Waals surface area contributed by atoms with E-state index >= 15 is 0 Å². The van der Waals surface area contributed by atoms with Gasteiger partial charge in [-0.2, -0.15) is 16.9 Å². The number of H-pyrrole nitrogens is 1. The molecule has 5 nitrogen and oxygen atoms in total. The van der Waals surface area contributed by atoms with Crippen LogP contribution in [0.3, 0.4) is 0 Å². The normalized spacial score (nSPS) is 12.4. The predicted octanol–water partition coefficient (Wildman–Crippen LogP) is 0.735. The molecule has 0 fully saturated rings. The van der Waals surface area contributed by atoms with Crippen molar-refractivity contribution >= 4 is 17.7 Å². The van der Waals surface area contributed by atoms with Crippen LogP contribution in [-0.2, 0) is 4.79 Å². The Morgan fingerprint density at radius 1 is 1.79 bits per heavy atom. The fraction of sp³-hybridized carbons (Fsp3) is 0.625. The molecular weight excluding hydrogens is 200 g/mol. The van der Waals surface area contributed by atoms with Crippen LogP contribution in [0.1, 0.15) is 25.2 Å². The number of amides is 1. The molecule has 0 spiro atoms. The average molecular weight is 214 g/mol. The zero-order valence-corrected chi connectivity index (χ0v) is 9.10. The number of carbonyl (C=O) groups is 1. The van der Waals surface area contributed by atoms with Crippen molar-refractivity contribution in [2.45, 2.75) is 19.4 Å². The van der Waals surface area contributed by atoms with Gasteiger partial charge in [-0.3, -0.25) is 9.89 Å². The van der Waals surface area contributed by atoms with Gasteiger partial charge >= 0.3 is 0 Å². The Morgan fingerprint density at radius 3 is 3.14 bits per heavy atom. The Kier molecular flexibility index (Phi) is 4.45. The summed E-state index contributed by atoms with van der Waals surface area (Å²) in [5.41, 5.74) is 0. The summed E-state index contributed by atoms with van der Waals surface area (Å²) in [4.78, 5) is 15.3. The van der Waals surface area contributed by atoms with Gasteiger partial charge < -0.3 is 5.32 Å². The van der Waals surface area contributed by atoms with Crippen molar-refractivity contribution < 1.29 is 4.79 Å². The minimum Gasteiger partial charge on any atom is -0.346 e. The molecular formula is C8H14N4OS. The topological polar surface area (TPSA) is 70.7 Å². The highest BCUT2D eigenvalue weighted by atomic mass is 32.2. The highest BCUT2D eigenvalue weighted by Gasteiger charge is 2.10. The number of aromatic amines is 1. The second kappa shape index (κ2) is 5.64. The number of rotatable bonds is 5. The Balaban J connectivity index is 2.33. The third-order valence-corrected chi connectivity index (χ3v) is 2.37. The van der Waals surface area contributed by atoms with Crippen molar-refractivity contribution in [2.75, 3.05) is 12.0 Å². The van der Waals surface area contributed by atoms with Gasteiger partial charge in [0.1, 0.15) is 12.2 Å². The van der Waals surface area contributed by atoms with E-state index in [4.69, 9.17) is 0 Å². The molecule has 0 aliphatic rings. The summed E-state index contributed by atoms with van der Waals surface area (Å²) in [5.74, 6) is 1.57. The lowest BCUT2D eigenvalue weighted by atomic mass is 10.3. The lowest BCUT2D eigenvalue weighted by Crippen LogP contribution is -2.27. The first kappa shape index (κ1) is 11.0. The van der Waals surface area contributed by atoms with Crippen molar-refractivity contribution in [1.29, 1.82) is 0 Å². The first-order chi connectivity index (χ1) is 6.74. The standard InChI is InChI=1S/C8H14N4OS/c1-6(8-9-5-10-12-8)11-7(13)3-4-14-2/h5-6H,3-4H2,1-2H3,(H,11,13)(H,9,10,12). The smallest absolute Gasteiger partial charge is 0.221 e. The molecule has 1 rings (SSSR count). The van der Waals surface area contributed by atoms with Crippen LogP contribution in [-0.4, -0.2) is 33.1 Å². The summed E-state index contributed by atoms with van der Waals surface area (Å²) in [5, 5.41) is 9.27. The maximum Gasteiger partial charge on any atom is 0.221 e. The van der Waals surface area contributed by atoms with Crippen LogP contribution in [0.2, 0.25) is 0 Å². The molecule has 6 heteroatoms. The molecule has 1 atom stereocenters. The summed E-state index contributed by atoms with van der Waals surface area (Å²) < 4.78 is 0. The van der Waals surface area contributed by atoms with Crippen LogP contribution in [0.25, 0.3) is 0 Å². The van der Waals surface area contributed by atoms with Gasteiger partial charge in [-0.25, -0.2) is 4.98 Å². The zero-order valence-electron chi connectivity index (χ0n) is 8.28. The highest BCUT2D eigenvalue weighted by Crippen LogP contribution is 2.04. The number of hydrogen-bond donors (Lipinski definition) is 2. The summed E-state index contributed by atoms with van der Waals surface area (Å²) >= 11 is 1.66. The van der Waals surface area contributed by atoms with Crippen molar-refractivity contribution in [2.24, 2.45) is 0 Å². The van der Waals surface area contributed by atoms with Gasteiger partial charge in [0.15, 0.2) is 0 Å². The number of nitrogens with one attached hydrogen (secondary N) is 2. The average Bonchev–Trinajstić information content (AvgIpc) is 2.67. The number of thioether (sulfide) groups is 1. The summed E-state index contributed by atoms with van der Waals surface area (Å²) in [6.45, 7) is 1.87. The van der Waals surface area contributed by atoms with Gasteiger partial charge in [-0.05, 0) is 13.2 Å². The van der Waals surface area contributed by atoms with E-state index in [9.17, 15) is 4.79 Å². The zero-order chi connectivity index (χ0) is 10.4. The Hall–Kier alpha value is -1.04. The lowest BCUT2D eigenvalue weighted by molar-refractivity contribution is -0.121. The SMILES string of the molecule is CSCCC(=O)NC(C)c1ncn[nH]1. The molecule has 2 N–H and O–H groups in total. The Bertz CT molecular complexity index is 275. The molecule has 1 unspecified atom stereocenters. The molecule has 1 aromatic heterocycles. The second-order valence-electron chi connectivity index (χ2n) is 2.90. The second-order valence-corrected chi connectivity index (χ2v) is 3.89. The van der Waals surface area contributed by atoms with E-state index in [1.165, 1.54) is 6.33 Å². The highest BCUT2D eigenvalue weighted by molar-refractivity contribution is 7.98. The van der Waals surface area contributed by atoms with Gasteiger partial charge in [0, 0.05) is 12.2 Å². The van der Waals surface area contributed by atoms with Gasteiger partial charge in [0.05, 0.1) is 6.04 Å². The minimum absolute atomic E-state index is 0.0447. The van der Waals surface area contributed by atoms with E-state index in [0.29, 0.717) is 12.2 Å². The molecule has 0 aliphatic carbocycles. The monoisotopic (exact) mass is 214 g/mol. The van der Waals surface area contributed by atoms with E-state index in [-0.39, 0.29) is 11.9 Å². The summed E-state index contributed by atoms with van der Waals surface area (Å²) in [6, 6.07) is -0.105. The molecule has 1 heterocycles. The van der Waals surface area contributed by atoms with E-state index in [1.54, 1.807) is 11.8 Å². The Morgan fingerprint density at radius 2 is 2.57 bits per heavy atom. The quantitative estimate of drug-likeness (QED) is 0.758. The molecule has 1 aromatic rings. The fourth-order valence-corrected chi connectivity index (χ4v) is 1.39.